The molecule has 1 aliphatic rings. The van der Waals surface area contributed by atoms with Crippen LogP contribution in [0.3, 0.4) is 0 Å². The van der Waals surface area contributed by atoms with Crippen molar-refractivity contribution in [3.8, 4) is 11.5 Å². The van der Waals surface area contributed by atoms with Crippen LogP contribution < -0.4 is 9.47 Å². The van der Waals surface area contributed by atoms with Crippen LogP contribution in [0.15, 0.2) is 12.1 Å². The van der Waals surface area contributed by atoms with E-state index in [0.717, 1.165) is 29.0 Å². The normalized spacial score (nSPS) is 13.7. The third-order valence-corrected chi connectivity index (χ3v) is 2.33. The quantitative estimate of drug-likeness (QED) is 0.741. The SMILES string of the molecule is COc1ccc2c(c1CO)CCO2. The smallest absolute Gasteiger partial charge is 0.124 e. The van der Waals surface area contributed by atoms with Gasteiger partial charge in [-0.1, -0.05) is 0 Å². The molecule has 1 aromatic carbocycles. The molecule has 2 rings (SSSR count). The third kappa shape index (κ3) is 1.25. The van der Waals surface area contributed by atoms with Crippen LogP contribution in [0.25, 0.3) is 0 Å². The van der Waals surface area contributed by atoms with Crippen LogP contribution in [-0.2, 0) is 13.0 Å². The van der Waals surface area contributed by atoms with Gasteiger partial charge in [-0.15, -0.1) is 0 Å². The van der Waals surface area contributed by atoms with E-state index in [1.807, 2.05) is 12.1 Å². The predicted molar refractivity (Wildman–Crippen MR) is 48.1 cm³/mol. The fourth-order valence-corrected chi connectivity index (χ4v) is 1.69. The number of ether oxygens (including phenoxy) is 2. The van der Waals surface area contributed by atoms with Crippen LogP contribution in [0.5, 0.6) is 11.5 Å². The van der Waals surface area contributed by atoms with Gasteiger partial charge in [0.2, 0.25) is 0 Å². The lowest BCUT2D eigenvalue weighted by Gasteiger charge is -2.09. The van der Waals surface area contributed by atoms with E-state index in [-0.39, 0.29) is 6.61 Å². The van der Waals surface area contributed by atoms with Crippen molar-refractivity contribution >= 4 is 0 Å². The maximum atomic E-state index is 9.18. The molecule has 0 aromatic heterocycles. The minimum absolute atomic E-state index is 0.00963. The Bertz CT molecular complexity index is 320. The van der Waals surface area contributed by atoms with E-state index in [2.05, 4.69) is 0 Å². The Morgan fingerprint density at radius 3 is 3.08 bits per heavy atom. The van der Waals surface area contributed by atoms with Gasteiger partial charge in [0.25, 0.3) is 0 Å². The Morgan fingerprint density at radius 2 is 2.38 bits per heavy atom. The third-order valence-electron chi connectivity index (χ3n) is 2.33. The molecule has 0 bridgehead atoms. The second kappa shape index (κ2) is 3.26. The van der Waals surface area contributed by atoms with E-state index in [9.17, 15) is 5.11 Å². The van der Waals surface area contributed by atoms with Crippen LogP contribution >= 0.6 is 0 Å². The zero-order valence-corrected chi connectivity index (χ0v) is 7.54. The minimum atomic E-state index is 0.00963. The lowest BCUT2D eigenvalue weighted by Crippen LogP contribution is -1.96. The standard InChI is InChI=1S/C10H12O3/c1-12-9-2-3-10-7(4-5-13-10)8(9)6-11/h2-3,11H,4-6H2,1H3. The molecule has 70 valence electrons. The number of hydrogen-bond donors (Lipinski definition) is 1. The number of methoxy groups -OCH3 is 1. The highest BCUT2D eigenvalue weighted by atomic mass is 16.5. The van der Waals surface area contributed by atoms with Gasteiger partial charge in [-0.25, -0.2) is 0 Å². The van der Waals surface area contributed by atoms with Crippen LogP contribution in [0.4, 0.5) is 0 Å². The summed E-state index contributed by atoms with van der Waals surface area (Å²) in [5, 5.41) is 9.18. The first-order valence-electron chi connectivity index (χ1n) is 4.29. The Hall–Kier alpha value is -1.22. The molecule has 0 radical (unpaired) electrons. The van der Waals surface area contributed by atoms with Crippen LogP contribution in [0.1, 0.15) is 11.1 Å². The molecule has 0 aliphatic carbocycles. The summed E-state index contributed by atoms with van der Waals surface area (Å²) < 4.78 is 10.5. The molecule has 0 amide bonds. The fraction of sp³-hybridized carbons (Fsp3) is 0.400. The molecule has 0 atom stereocenters. The number of rotatable bonds is 2. The van der Waals surface area contributed by atoms with Gasteiger partial charge in [0, 0.05) is 17.5 Å². The first kappa shape index (κ1) is 8.38. The molecule has 13 heavy (non-hydrogen) atoms. The van der Waals surface area contributed by atoms with Crippen molar-refractivity contribution in [1.29, 1.82) is 0 Å². The highest BCUT2D eigenvalue weighted by Crippen LogP contribution is 2.34. The van der Waals surface area contributed by atoms with Gasteiger partial charge in [-0.2, -0.15) is 0 Å². The van der Waals surface area contributed by atoms with Crippen molar-refractivity contribution in [1.82, 2.24) is 0 Å². The summed E-state index contributed by atoms with van der Waals surface area (Å²) in [5.74, 6) is 1.62. The highest BCUT2D eigenvalue weighted by Gasteiger charge is 2.18. The van der Waals surface area contributed by atoms with E-state index in [0.29, 0.717) is 6.61 Å². The maximum Gasteiger partial charge on any atom is 0.124 e. The van der Waals surface area contributed by atoms with Gasteiger partial charge in [-0.05, 0) is 12.1 Å². The monoisotopic (exact) mass is 180 g/mol. The van der Waals surface area contributed by atoms with Gasteiger partial charge in [-0.3, -0.25) is 0 Å². The van der Waals surface area contributed by atoms with Gasteiger partial charge in [0.1, 0.15) is 11.5 Å². The first-order chi connectivity index (χ1) is 6.36. The number of aliphatic hydroxyl groups is 1. The lowest BCUT2D eigenvalue weighted by molar-refractivity contribution is 0.272. The zero-order valence-electron chi connectivity index (χ0n) is 7.54. The van der Waals surface area contributed by atoms with Gasteiger partial charge in [0.15, 0.2) is 0 Å². The Morgan fingerprint density at radius 1 is 1.54 bits per heavy atom. The lowest BCUT2D eigenvalue weighted by atomic mass is 10.0. The van der Waals surface area contributed by atoms with Crippen LogP contribution in [0, 0.1) is 0 Å². The molecule has 0 fully saturated rings. The van der Waals surface area contributed by atoms with Crippen molar-refractivity contribution in [2.24, 2.45) is 0 Å². The Balaban J connectivity index is 2.53. The molecule has 1 aliphatic heterocycles. The zero-order chi connectivity index (χ0) is 9.26. The molecular weight excluding hydrogens is 168 g/mol. The van der Waals surface area contributed by atoms with Crippen LogP contribution in [-0.4, -0.2) is 18.8 Å². The average molecular weight is 180 g/mol. The summed E-state index contributed by atoms with van der Waals surface area (Å²) in [4.78, 5) is 0. The summed E-state index contributed by atoms with van der Waals surface area (Å²) in [7, 11) is 1.61. The summed E-state index contributed by atoms with van der Waals surface area (Å²) >= 11 is 0. The van der Waals surface area contributed by atoms with Crippen molar-refractivity contribution in [3.63, 3.8) is 0 Å². The van der Waals surface area contributed by atoms with E-state index in [1.54, 1.807) is 7.11 Å². The molecule has 1 aromatic rings. The van der Waals surface area contributed by atoms with Crippen molar-refractivity contribution in [2.45, 2.75) is 13.0 Å². The second-order valence-corrected chi connectivity index (χ2v) is 2.98. The largest absolute Gasteiger partial charge is 0.496 e. The minimum Gasteiger partial charge on any atom is -0.496 e. The summed E-state index contributed by atoms with van der Waals surface area (Å²) in [5.41, 5.74) is 1.94. The summed E-state index contributed by atoms with van der Waals surface area (Å²) in [6.45, 7) is 0.713. The van der Waals surface area contributed by atoms with Crippen molar-refractivity contribution < 1.29 is 14.6 Å². The average Bonchev–Trinajstić information content (AvgIpc) is 2.63. The molecule has 0 unspecified atom stereocenters. The van der Waals surface area contributed by atoms with Crippen LogP contribution in [0.2, 0.25) is 0 Å². The predicted octanol–water partition coefficient (Wildman–Crippen LogP) is 1.12. The molecule has 3 nitrogen and oxygen atoms in total. The Kier molecular flexibility index (Phi) is 2.10. The fourth-order valence-electron chi connectivity index (χ4n) is 1.69. The topological polar surface area (TPSA) is 38.7 Å². The Labute approximate surface area is 76.9 Å². The maximum absolute atomic E-state index is 9.18. The van der Waals surface area contributed by atoms with Gasteiger partial charge < -0.3 is 14.6 Å². The molecule has 1 heterocycles. The molecule has 0 saturated heterocycles. The molecule has 3 heteroatoms. The van der Waals surface area contributed by atoms with E-state index in [4.69, 9.17) is 9.47 Å². The van der Waals surface area contributed by atoms with Crippen molar-refractivity contribution in [2.75, 3.05) is 13.7 Å². The van der Waals surface area contributed by atoms with E-state index < -0.39 is 0 Å². The van der Waals surface area contributed by atoms with E-state index >= 15 is 0 Å². The van der Waals surface area contributed by atoms with E-state index in [1.165, 1.54) is 0 Å². The van der Waals surface area contributed by atoms with Gasteiger partial charge in [0.05, 0.1) is 20.3 Å². The molecule has 0 saturated carbocycles. The number of fused-ring (bicyclic) bond motifs is 1. The number of benzene rings is 1. The van der Waals surface area contributed by atoms with Gasteiger partial charge >= 0.3 is 0 Å². The number of hydrogen-bond acceptors (Lipinski definition) is 3. The summed E-state index contributed by atoms with van der Waals surface area (Å²) in [6.07, 6.45) is 0.864. The van der Waals surface area contributed by atoms with Crippen molar-refractivity contribution in [3.05, 3.63) is 23.3 Å². The first-order valence-corrected chi connectivity index (χ1v) is 4.29. The number of aliphatic hydroxyl groups excluding tert-OH is 1. The molecule has 1 N–H and O–H groups in total. The molecular formula is C10H12O3. The second-order valence-electron chi connectivity index (χ2n) is 2.98. The summed E-state index contributed by atoms with van der Waals surface area (Å²) in [6, 6.07) is 3.72. The molecule has 0 spiro atoms. The highest BCUT2D eigenvalue weighted by molar-refractivity contribution is 5.50.